The lowest BCUT2D eigenvalue weighted by Crippen LogP contribution is -2.42. The molecule has 0 amide bonds. The molecular weight excluding hydrogens is 346 g/mol. The monoisotopic (exact) mass is 373 g/mol. The molecule has 26 heavy (non-hydrogen) atoms. The van der Waals surface area contributed by atoms with Crippen LogP contribution in [0.1, 0.15) is 30.9 Å². The average Bonchev–Trinajstić information content (AvgIpc) is 2.67. The van der Waals surface area contributed by atoms with E-state index in [1.807, 2.05) is 37.3 Å². The number of nitrogens with zero attached hydrogens (tertiary/aromatic N) is 1. The third-order valence-corrected chi connectivity index (χ3v) is 5.78. The summed E-state index contributed by atoms with van der Waals surface area (Å²) in [6, 6.07) is 16.3. The number of hydrogen-bond donors (Lipinski definition) is 1. The van der Waals surface area contributed by atoms with Crippen molar-refractivity contribution in [3.05, 3.63) is 64.7 Å². The summed E-state index contributed by atoms with van der Waals surface area (Å²) in [6.07, 6.45) is 2.83. The average molecular weight is 374 g/mol. The summed E-state index contributed by atoms with van der Waals surface area (Å²) in [7, 11) is 0. The topological polar surface area (TPSA) is 32.7 Å². The van der Waals surface area contributed by atoms with Crippen molar-refractivity contribution in [3.63, 3.8) is 0 Å². The number of aliphatic hydroxyl groups is 1. The fraction of sp³-hybridized carbons (Fsp3) is 0.455. The summed E-state index contributed by atoms with van der Waals surface area (Å²) >= 11 is 6.33. The van der Waals surface area contributed by atoms with Crippen molar-refractivity contribution >= 4 is 11.6 Å². The predicted octanol–water partition coefficient (Wildman–Crippen LogP) is 4.56. The SMILES string of the molecule is CCOc1ccc(CN2CCC(CO)(Cc3ccccc3Cl)CC2)cc1. The molecule has 0 atom stereocenters. The van der Waals surface area contributed by atoms with E-state index >= 15 is 0 Å². The van der Waals surface area contributed by atoms with Gasteiger partial charge in [0.1, 0.15) is 5.75 Å². The summed E-state index contributed by atoms with van der Waals surface area (Å²) in [5, 5.41) is 10.9. The van der Waals surface area contributed by atoms with Gasteiger partial charge in [0.2, 0.25) is 0 Å². The van der Waals surface area contributed by atoms with Crippen LogP contribution in [0.3, 0.4) is 0 Å². The van der Waals surface area contributed by atoms with Gasteiger partial charge < -0.3 is 9.84 Å². The smallest absolute Gasteiger partial charge is 0.119 e. The second-order valence-corrected chi connectivity index (χ2v) is 7.69. The fourth-order valence-corrected chi connectivity index (χ4v) is 3.94. The van der Waals surface area contributed by atoms with Gasteiger partial charge in [-0.15, -0.1) is 0 Å². The maximum absolute atomic E-state index is 10.1. The van der Waals surface area contributed by atoms with Crippen LogP contribution in [-0.2, 0) is 13.0 Å². The van der Waals surface area contributed by atoms with Crippen LogP contribution in [0.25, 0.3) is 0 Å². The van der Waals surface area contributed by atoms with E-state index in [9.17, 15) is 5.11 Å². The minimum atomic E-state index is -0.0552. The Hall–Kier alpha value is -1.55. The highest BCUT2D eigenvalue weighted by Gasteiger charge is 2.34. The van der Waals surface area contributed by atoms with Crippen molar-refractivity contribution in [2.75, 3.05) is 26.3 Å². The van der Waals surface area contributed by atoms with Crippen LogP contribution in [0.2, 0.25) is 5.02 Å². The van der Waals surface area contributed by atoms with Crippen molar-refractivity contribution in [2.24, 2.45) is 5.41 Å². The van der Waals surface area contributed by atoms with E-state index in [4.69, 9.17) is 16.3 Å². The fourth-order valence-electron chi connectivity index (χ4n) is 3.74. The molecule has 0 bridgehead atoms. The first kappa shape index (κ1) is 19.2. The third kappa shape index (κ3) is 4.79. The number of aliphatic hydroxyl groups excluding tert-OH is 1. The molecule has 0 unspecified atom stereocenters. The summed E-state index contributed by atoms with van der Waals surface area (Å²) < 4.78 is 5.51. The van der Waals surface area contributed by atoms with Gasteiger partial charge in [0.05, 0.1) is 6.61 Å². The Labute approximate surface area is 161 Å². The predicted molar refractivity (Wildman–Crippen MR) is 107 cm³/mol. The summed E-state index contributed by atoms with van der Waals surface area (Å²) in [4.78, 5) is 2.47. The van der Waals surface area contributed by atoms with Crippen LogP contribution in [0, 0.1) is 5.41 Å². The molecule has 0 spiro atoms. The highest BCUT2D eigenvalue weighted by molar-refractivity contribution is 6.31. The van der Waals surface area contributed by atoms with Crippen LogP contribution in [-0.4, -0.2) is 36.3 Å². The van der Waals surface area contributed by atoms with Gasteiger partial charge >= 0.3 is 0 Å². The Bertz CT molecular complexity index is 694. The van der Waals surface area contributed by atoms with E-state index in [2.05, 4.69) is 23.1 Å². The van der Waals surface area contributed by atoms with E-state index in [0.717, 1.165) is 55.2 Å². The molecule has 140 valence electrons. The standard InChI is InChI=1S/C22H28ClNO2/c1-2-26-20-9-7-18(8-10-20)16-24-13-11-22(17-25,12-14-24)15-19-5-3-4-6-21(19)23/h3-10,25H,2,11-17H2,1H3. The maximum Gasteiger partial charge on any atom is 0.119 e. The largest absolute Gasteiger partial charge is 0.494 e. The molecular formula is C22H28ClNO2. The lowest BCUT2D eigenvalue weighted by Gasteiger charge is -2.41. The van der Waals surface area contributed by atoms with Crippen LogP contribution in [0.4, 0.5) is 0 Å². The van der Waals surface area contributed by atoms with Crippen molar-refractivity contribution in [1.82, 2.24) is 4.90 Å². The van der Waals surface area contributed by atoms with Crippen LogP contribution < -0.4 is 4.74 Å². The Kier molecular flexibility index (Phi) is 6.58. The van der Waals surface area contributed by atoms with Gasteiger partial charge in [0.15, 0.2) is 0 Å². The maximum atomic E-state index is 10.1. The van der Waals surface area contributed by atoms with Crippen molar-refractivity contribution in [2.45, 2.75) is 32.7 Å². The second kappa shape index (κ2) is 8.90. The third-order valence-electron chi connectivity index (χ3n) is 5.42. The minimum Gasteiger partial charge on any atom is -0.494 e. The van der Waals surface area contributed by atoms with Gasteiger partial charge in [0, 0.05) is 18.2 Å². The highest BCUT2D eigenvalue weighted by Crippen LogP contribution is 2.36. The number of piperidine rings is 1. The number of hydrogen-bond acceptors (Lipinski definition) is 3. The molecule has 3 nitrogen and oxygen atoms in total. The Balaban J connectivity index is 1.57. The van der Waals surface area contributed by atoms with Crippen LogP contribution >= 0.6 is 11.6 Å². The number of halogens is 1. The Morgan fingerprint density at radius 2 is 1.77 bits per heavy atom. The number of benzene rings is 2. The van der Waals surface area contributed by atoms with E-state index in [0.29, 0.717) is 6.61 Å². The van der Waals surface area contributed by atoms with Crippen molar-refractivity contribution < 1.29 is 9.84 Å². The molecule has 1 aliphatic rings. The van der Waals surface area contributed by atoms with Crippen molar-refractivity contribution in [3.8, 4) is 5.75 Å². The first-order chi connectivity index (χ1) is 12.6. The zero-order valence-corrected chi connectivity index (χ0v) is 16.2. The zero-order valence-electron chi connectivity index (χ0n) is 15.5. The molecule has 1 saturated heterocycles. The Morgan fingerprint density at radius 1 is 1.08 bits per heavy atom. The summed E-state index contributed by atoms with van der Waals surface area (Å²) in [5.74, 6) is 0.925. The molecule has 2 aromatic rings. The van der Waals surface area contributed by atoms with Crippen LogP contribution in [0.5, 0.6) is 5.75 Å². The molecule has 3 rings (SSSR count). The lowest BCUT2D eigenvalue weighted by atomic mass is 9.74. The molecule has 1 N–H and O–H groups in total. The summed E-state index contributed by atoms with van der Waals surface area (Å²) in [6.45, 7) is 5.85. The first-order valence-electron chi connectivity index (χ1n) is 9.42. The quantitative estimate of drug-likeness (QED) is 0.772. The van der Waals surface area contributed by atoms with Gasteiger partial charge in [0.25, 0.3) is 0 Å². The van der Waals surface area contributed by atoms with Gasteiger partial charge in [-0.25, -0.2) is 0 Å². The molecule has 0 aliphatic carbocycles. The molecule has 1 fully saturated rings. The van der Waals surface area contributed by atoms with E-state index in [1.165, 1.54) is 5.56 Å². The highest BCUT2D eigenvalue weighted by atomic mass is 35.5. The van der Waals surface area contributed by atoms with Gasteiger partial charge in [-0.2, -0.15) is 0 Å². The van der Waals surface area contributed by atoms with E-state index in [1.54, 1.807) is 0 Å². The molecule has 1 aliphatic heterocycles. The van der Waals surface area contributed by atoms with E-state index < -0.39 is 0 Å². The summed E-state index contributed by atoms with van der Waals surface area (Å²) in [5.41, 5.74) is 2.39. The van der Waals surface area contributed by atoms with Crippen LogP contribution in [0.15, 0.2) is 48.5 Å². The number of ether oxygens (including phenoxy) is 1. The van der Waals surface area contributed by atoms with Gasteiger partial charge in [-0.3, -0.25) is 4.90 Å². The minimum absolute atomic E-state index is 0.0552. The van der Waals surface area contributed by atoms with E-state index in [-0.39, 0.29) is 12.0 Å². The molecule has 0 radical (unpaired) electrons. The second-order valence-electron chi connectivity index (χ2n) is 7.28. The molecule has 0 aromatic heterocycles. The lowest BCUT2D eigenvalue weighted by molar-refractivity contribution is 0.0414. The normalized spacial score (nSPS) is 17.2. The molecule has 2 aromatic carbocycles. The molecule has 0 saturated carbocycles. The van der Waals surface area contributed by atoms with Gasteiger partial charge in [-0.1, -0.05) is 41.9 Å². The Morgan fingerprint density at radius 3 is 2.38 bits per heavy atom. The zero-order chi connectivity index (χ0) is 18.4. The van der Waals surface area contributed by atoms with Crippen molar-refractivity contribution in [1.29, 1.82) is 0 Å². The molecule has 1 heterocycles. The first-order valence-corrected chi connectivity index (χ1v) is 9.80. The number of rotatable bonds is 7. The molecule has 4 heteroatoms. The van der Waals surface area contributed by atoms with Gasteiger partial charge in [-0.05, 0) is 74.0 Å². The number of likely N-dealkylation sites (tertiary alicyclic amines) is 1.